The normalized spacial score (nSPS) is 14.7. The fraction of sp³-hybridized carbons (Fsp3) is 0.278. The smallest absolute Gasteiger partial charge is 0.321 e. The van der Waals surface area contributed by atoms with Crippen LogP contribution in [0, 0.1) is 11.6 Å². The molecule has 0 atom stereocenters. The average Bonchev–Trinajstić information content (AvgIpc) is 2.65. The zero-order chi connectivity index (χ0) is 19.4. The van der Waals surface area contributed by atoms with Gasteiger partial charge < -0.3 is 10.2 Å². The van der Waals surface area contributed by atoms with Gasteiger partial charge in [0.15, 0.2) is 0 Å². The molecule has 9 heteroatoms. The van der Waals surface area contributed by atoms with Crippen LogP contribution in [0.2, 0.25) is 0 Å². The van der Waals surface area contributed by atoms with Crippen molar-refractivity contribution >= 4 is 27.4 Å². The Kier molecular flexibility index (Phi) is 5.59. The number of nitrogens with one attached hydrogen (secondary N) is 2. The number of halogens is 2. The maximum atomic E-state index is 13.7. The van der Waals surface area contributed by atoms with Crippen molar-refractivity contribution in [3.8, 4) is 0 Å². The monoisotopic (exact) mass is 395 g/mol. The van der Waals surface area contributed by atoms with Crippen molar-refractivity contribution in [2.75, 3.05) is 23.1 Å². The molecule has 27 heavy (non-hydrogen) atoms. The number of benzene rings is 2. The van der Waals surface area contributed by atoms with Crippen LogP contribution in [0.5, 0.6) is 0 Å². The van der Waals surface area contributed by atoms with Crippen molar-refractivity contribution in [3.05, 3.63) is 54.1 Å². The lowest BCUT2D eigenvalue weighted by atomic mass is 10.1. The molecule has 2 N–H and O–H groups in total. The predicted octanol–water partition coefficient (Wildman–Crippen LogP) is 3.78. The van der Waals surface area contributed by atoms with Crippen molar-refractivity contribution < 1.29 is 22.0 Å². The van der Waals surface area contributed by atoms with Gasteiger partial charge in [0.1, 0.15) is 11.6 Å². The molecule has 0 saturated carbocycles. The second-order valence-corrected chi connectivity index (χ2v) is 7.91. The molecule has 2 amide bonds. The van der Waals surface area contributed by atoms with Crippen LogP contribution >= 0.6 is 0 Å². The van der Waals surface area contributed by atoms with Crippen LogP contribution in [0.3, 0.4) is 0 Å². The van der Waals surface area contributed by atoms with E-state index in [1.54, 1.807) is 4.90 Å². The summed E-state index contributed by atoms with van der Waals surface area (Å²) in [6, 6.07) is 7.85. The standard InChI is InChI=1S/C18H19F2N3O3S/c19-13-4-9-17(16(20)12-13)22-27(25,26)15-7-5-14(6-8-15)21-18(24)23-10-2-1-3-11-23/h4-9,12,22H,1-3,10-11H2,(H,21,24). The highest BCUT2D eigenvalue weighted by Crippen LogP contribution is 2.21. The molecule has 2 aromatic rings. The Morgan fingerprint density at radius 3 is 2.26 bits per heavy atom. The van der Waals surface area contributed by atoms with Crippen LogP contribution in [0.4, 0.5) is 25.0 Å². The van der Waals surface area contributed by atoms with Crippen molar-refractivity contribution in [2.45, 2.75) is 24.2 Å². The molecule has 144 valence electrons. The topological polar surface area (TPSA) is 78.5 Å². The summed E-state index contributed by atoms with van der Waals surface area (Å²) in [6.07, 6.45) is 3.05. The highest BCUT2D eigenvalue weighted by atomic mass is 32.2. The van der Waals surface area contributed by atoms with Gasteiger partial charge in [-0.15, -0.1) is 0 Å². The minimum absolute atomic E-state index is 0.109. The van der Waals surface area contributed by atoms with E-state index >= 15 is 0 Å². The summed E-state index contributed by atoms with van der Waals surface area (Å²) in [5.41, 5.74) is 0.108. The summed E-state index contributed by atoms with van der Waals surface area (Å²) in [6.45, 7) is 1.40. The highest BCUT2D eigenvalue weighted by Gasteiger charge is 2.18. The van der Waals surface area contributed by atoms with E-state index in [0.717, 1.165) is 31.4 Å². The number of piperidine rings is 1. The number of hydrogen-bond acceptors (Lipinski definition) is 3. The number of rotatable bonds is 4. The average molecular weight is 395 g/mol. The van der Waals surface area contributed by atoms with E-state index in [0.29, 0.717) is 24.8 Å². The second kappa shape index (κ2) is 7.91. The van der Waals surface area contributed by atoms with Crippen LogP contribution in [0.25, 0.3) is 0 Å². The SMILES string of the molecule is O=C(Nc1ccc(S(=O)(=O)Nc2ccc(F)cc2F)cc1)N1CCCCC1. The molecular formula is C18H19F2N3O3S. The fourth-order valence-electron chi connectivity index (χ4n) is 2.79. The summed E-state index contributed by atoms with van der Waals surface area (Å²) in [4.78, 5) is 13.8. The van der Waals surface area contributed by atoms with Crippen LogP contribution in [-0.2, 0) is 10.0 Å². The first-order chi connectivity index (χ1) is 12.8. The lowest BCUT2D eigenvalue weighted by Crippen LogP contribution is -2.38. The van der Waals surface area contributed by atoms with Gasteiger partial charge in [-0.2, -0.15) is 0 Å². The first-order valence-corrected chi connectivity index (χ1v) is 9.97. The number of urea groups is 1. The van der Waals surface area contributed by atoms with Crippen LogP contribution < -0.4 is 10.0 Å². The Bertz CT molecular complexity index is 927. The summed E-state index contributed by atoms with van der Waals surface area (Å²) in [5.74, 6) is -1.81. The van der Waals surface area contributed by atoms with E-state index in [2.05, 4.69) is 10.0 Å². The third-order valence-electron chi connectivity index (χ3n) is 4.23. The van der Waals surface area contributed by atoms with Gasteiger partial charge in [-0.25, -0.2) is 22.0 Å². The third kappa shape index (κ3) is 4.73. The quantitative estimate of drug-likeness (QED) is 0.827. The number of carbonyl (C=O) groups excluding carboxylic acids is 1. The molecule has 0 aromatic heterocycles. The molecule has 1 aliphatic rings. The molecule has 2 aromatic carbocycles. The van der Waals surface area contributed by atoms with Crippen LogP contribution in [-0.4, -0.2) is 32.4 Å². The maximum absolute atomic E-state index is 13.7. The van der Waals surface area contributed by atoms with Gasteiger partial charge in [0.2, 0.25) is 0 Å². The number of sulfonamides is 1. The van der Waals surface area contributed by atoms with Crippen molar-refractivity contribution in [3.63, 3.8) is 0 Å². The minimum atomic E-state index is -4.05. The summed E-state index contributed by atoms with van der Waals surface area (Å²) < 4.78 is 53.4. The van der Waals surface area contributed by atoms with Gasteiger partial charge in [-0.1, -0.05) is 0 Å². The lowest BCUT2D eigenvalue weighted by molar-refractivity contribution is 0.200. The molecular weight excluding hydrogens is 376 g/mol. The van der Waals surface area contributed by atoms with E-state index in [9.17, 15) is 22.0 Å². The molecule has 1 fully saturated rings. The largest absolute Gasteiger partial charge is 0.325 e. The van der Waals surface area contributed by atoms with E-state index < -0.39 is 21.7 Å². The minimum Gasteiger partial charge on any atom is -0.325 e. The number of amides is 2. The van der Waals surface area contributed by atoms with E-state index in [1.807, 2.05) is 0 Å². The lowest BCUT2D eigenvalue weighted by Gasteiger charge is -2.26. The van der Waals surface area contributed by atoms with Gasteiger partial charge in [-0.05, 0) is 55.7 Å². The molecule has 1 aliphatic heterocycles. The van der Waals surface area contributed by atoms with Crippen molar-refractivity contribution in [1.82, 2.24) is 4.90 Å². The number of nitrogens with zero attached hydrogens (tertiary/aromatic N) is 1. The maximum Gasteiger partial charge on any atom is 0.321 e. The molecule has 6 nitrogen and oxygen atoms in total. The summed E-state index contributed by atoms with van der Waals surface area (Å²) in [7, 11) is -4.05. The fourth-order valence-corrected chi connectivity index (χ4v) is 3.86. The van der Waals surface area contributed by atoms with Gasteiger partial charge in [0, 0.05) is 24.8 Å². The Labute approximate surface area is 156 Å². The first kappa shape index (κ1) is 19.1. The van der Waals surface area contributed by atoms with E-state index in [4.69, 9.17) is 0 Å². The molecule has 0 bridgehead atoms. The molecule has 0 unspecified atom stereocenters. The van der Waals surface area contributed by atoms with Crippen molar-refractivity contribution in [2.24, 2.45) is 0 Å². The van der Waals surface area contributed by atoms with E-state index in [1.165, 1.54) is 24.3 Å². The van der Waals surface area contributed by atoms with Crippen molar-refractivity contribution in [1.29, 1.82) is 0 Å². The van der Waals surface area contributed by atoms with Gasteiger partial charge >= 0.3 is 6.03 Å². The van der Waals surface area contributed by atoms with Gasteiger partial charge in [0.05, 0.1) is 10.6 Å². The highest BCUT2D eigenvalue weighted by molar-refractivity contribution is 7.92. The van der Waals surface area contributed by atoms with Crippen LogP contribution in [0.1, 0.15) is 19.3 Å². The molecule has 0 radical (unpaired) electrons. The molecule has 1 saturated heterocycles. The number of anilines is 2. The Hall–Kier alpha value is -2.68. The van der Waals surface area contributed by atoms with Gasteiger partial charge in [0.25, 0.3) is 10.0 Å². The van der Waals surface area contributed by atoms with E-state index in [-0.39, 0.29) is 16.6 Å². The third-order valence-corrected chi connectivity index (χ3v) is 5.62. The zero-order valence-corrected chi connectivity index (χ0v) is 15.2. The Morgan fingerprint density at radius 2 is 1.63 bits per heavy atom. The van der Waals surface area contributed by atoms with Crippen LogP contribution in [0.15, 0.2) is 47.4 Å². The molecule has 0 spiro atoms. The Morgan fingerprint density at radius 1 is 0.963 bits per heavy atom. The summed E-state index contributed by atoms with van der Waals surface area (Å²) >= 11 is 0. The van der Waals surface area contributed by atoms with Gasteiger partial charge in [-0.3, -0.25) is 4.72 Å². The zero-order valence-electron chi connectivity index (χ0n) is 14.4. The number of hydrogen-bond donors (Lipinski definition) is 2. The predicted molar refractivity (Wildman–Crippen MR) is 98.1 cm³/mol. The molecule has 1 heterocycles. The number of likely N-dealkylation sites (tertiary alicyclic amines) is 1. The second-order valence-electron chi connectivity index (χ2n) is 6.23. The first-order valence-electron chi connectivity index (χ1n) is 8.49. The number of carbonyl (C=O) groups is 1. The molecule has 3 rings (SSSR count). The summed E-state index contributed by atoms with van der Waals surface area (Å²) in [5, 5.41) is 2.73. The Balaban J connectivity index is 1.69. The molecule has 0 aliphatic carbocycles.